The molecule has 5 heteroatoms. The molecule has 76 valence electrons. The number of hydrogen-bond donors (Lipinski definition) is 0. The maximum atomic E-state index is 4.26. The first-order chi connectivity index (χ1) is 7.16. The van der Waals surface area contributed by atoms with E-state index in [2.05, 4.69) is 46.8 Å². The molecule has 0 unspecified atom stereocenters. The second-order valence-electron chi connectivity index (χ2n) is 2.99. The van der Waals surface area contributed by atoms with Gasteiger partial charge in [0.15, 0.2) is 5.82 Å². The molecule has 0 radical (unpaired) electrons. The largest absolute Gasteiger partial charge is 0.222 e. The van der Waals surface area contributed by atoms with Gasteiger partial charge in [-0.15, -0.1) is 0 Å². The van der Waals surface area contributed by atoms with Crippen molar-refractivity contribution < 1.29 is 0 Å². The van der Waals surface area contributed by atoms with Gasteiger partial charge < -0.3 is 0 Å². The molecule has 0 saturated heterocycles. The Bertz CT molecular complexity index is 500. The fraction of sp³-hybridized carbons (Fsp3) is 0.100. The van der Waals surface area contributed by atoms with E-state index in [4.69, 9.17) is 0 Å². The minimum atomic E-state index is 0.690. The average molecular weight is 329 g/mol. The monoisotopic (exact) mass is 327 g/mol. The van der Waals surface area contributed by atoms with E-state index in [0.29, 0.717) is 5.82 Å². The fourth-order valence-electron chi connectivity index (χ4n) is 1.15. The Morgan fingerprint density at radius 2 is 1.87 bits per heavy atom. The minimum absolute atomic E-state index is 0.690. The lowest BCUT2D eigenvalue weighted by molar-refractivity contribution is 0.982. The zero-order valence-corrected chi connectivity index (χ0v) is 11.1. The van der Waals surface area contributed by atoms with Crippen LogP contribution < -0.4 is 0 Å². The maximum absolute atomic E-state index is 4.26. The van der Waals surface area contributed by atoms with E-state index in [1.165, 1.54) is 6.33 Å². The van der Waals surface area contributed by atoms with Gasteiger partial charge in [-0.2, -0.15) is 0 Å². The van der Waals surface area contributed by atoms with Crippen LogP contribution in [-0.2, 0) is 0 Å². The number of aryl methyl sites for hydroxylation is 1. The zero-order chi connectivity index (χ0) is 10.8. The van der Waals surface area contributed by atoms with Crippen LogP contribution in [0.25, 0.3) is 11.4 Å². The first kappa shape index (κ1) is 10.7. The summed E-state index contributed by atoms with van der Waals surface area (Å²) in [5, 5.41) is 0. The predicted molar refractivity (Wildman–Crippen MR) is 65.4 cm³/mol. The van der Waals surface area contributed by atoms with Crippen molar-refractivity contribution in [3.63, 3.8) is 0 Å². The van der Waals surface area contributed by atoms with Crippen LogP contribution in [0.15, 0.2) is 33.5 Å². The first-order valence-electron chi connectivity index (χ1n) is 4.28. The van der Waals surface area contributed by atoms with Crippen LogP contribution >= 0.6 is 31.9 Å². The number of rotatable bonds is 1. The van der Waals surface area contributed by atoms with Gasteiger partial charge in [0, 0.05) is 14.5 Å². The fourth-order valence-corrected chi connectivity index (χ4v) is 1.78. The molecule has 0 N–H and O–H groups in total. The molecule has 0 aliphatic carbocycles. The second kappa shape index (κ2) is 4.37. The summed E-state index contributed by atoms with van der Waals surface area (Å²) in [4.78, 5) is 12.3. The number of hydrogen-bond acceptors (Lipinski definition) is 3. The van der Waals surface area contributed by atoms with Gasteiger partial charge in [-0.3, -0.25) is 0 Å². The highest BCUT2D eigenvalue weighted by Gasteiger charge is 2.04. The van der Waals surface area contributed by atoms with Crippen LogP contribution in [0.2, 0.25) is 0 Å². The molecule has 3 nitrogen and oxygen atoms in total. The molecule has 0 spiro atoms. The minimum Gasteiger partial charge on any atom is -0.222 e. The van der Waals surface area contributed by atoms with Crippen LogP contribution in [0.3, 0.4) is 0 Å². The van der Waals surface area contributed by atoms with Crippen LogP contribution in [0, 0.1) is 6.92 Å². The highest BCUT2D eigenvalue weighted by atomic mass is 79.9. The van der Waals surface area contributed by atoms with E-state index in [-0.39, 0.29) is 0 Å². The first-order valence-corrected chi connectivity index (χ1v) is 5.86. The van der Waals surface area contributed by atoms with Gasteiger partial charge in [0.05, 0.1) is 0 Å². The Morgan fingerprint density at radius 3 is 2.53 bits per heavy atom. The normalized spacial score (nSPS) is 10.3. The lowest BCUT2D eigenvalue weighted by Crippen LogP contribution is -1.93. The number of nitrogens with zero attached hydrogens (tertiary/aromatic N) is 3. The summed E-state index contributed by atoms with van der Waals surface area (Å²) < 4.78 is 2.00. The molecular formula is C10H7Br2N3. The molecular weight excluding hydrogens is 322 g/mol. The lowest BCUT2D eigenvalue weighted by Gasteiger charge is -2.02. The van der Waals surface area contributed by atoms with E-state index in [9.17, 15) is 0 Å². The third-order valence-corrected chi connectivity index (χ3v) is 3.75. The molecule has 0 bridgehead atoms. The van der Waals surface area contributed by atoms with Crippen molar-refractivity contribution in [1.29, 1.82) is 0 Å². The van der Waals surface area contributed by atoms with Crippen molar-refractivity contribution in [3.05, 3.63) is 39.3 Å². The molecule has 0 atom stereocenters. The van der Waals surface area contributed by atoms with Gasteiger partial charge in [-0.1, -0.05) is 0 Å². The van der Waals surface area contributed by atoms with E-state index in [1.807, 2.05) is 25.1 Å². The van der Waals surface area contributed by atoms with E-state index in [1.54, 1.807) is 0 Å². The Hall–Kier alpha value is -0.810. The zero-order valence-electron chi connectivity index (χ0n) is 7.91. The van der Waals surface area contributed by atoms with Crippen LogP contribution in [-0.4, -0.2) is 15.0 Å². The molecule has 1 aromatic carbocycles. The molecule has 1 aromatic heterocycles. The Morgan fingerprint density at radius 1 is 1.07 bits per heavy atom. The lowest BCUT2D eigenvalue weighted by atomic mass is 10.2. The summed E-state index contributed by atoms with van der Waals surface area (Å²) in [6, 6.07) is 5.89. The van der Waals surface area contributed by atoms with Crippen molar-refractivity contribution in [2.75, 3.05) is 0 Å². The summed E-state index contributed by atoms with van der Waals surface area (Å²) in [5.74, 6) is 1.41. The Balaban J connectivity index is 2.50. The van der Waals surface area contributed by atoms with Crippen LogP contribution in [0.5, 0.6) is 0 Å². The number of aromatic nitrogens is 3. The van der Waals surface area contributed by atoms with Crippen molar-refractivity contribution in [2.24, 2.45) is 0 Å². The Labute approximate surface area is 104 Å². The van der Waals surface area contributed by atoms with Crippen LogP contribution in [0.1, 0.15) is 5.82 Å². The molecule has 15 heavy (non-hydrogen) atoms. The summed E-state index contributed by atoms with van der Waals surface area (Å²) in [7, 11) is 0. The van der Waals surface area contributed by atoms with Crippen LogP contribution in [0.4, 0.5) is 0 Å². The molecule has 0 amide bonds. The van der Waals surface area contributed by atoms with E-state index < -0.39 is 0 Å². The van der Waals surface area contributed by atoms with E-state index in [0.717, 1.165) is 20.3 Å². The van der Waals surface area contributed by atoms with Gasteiger partial charge in [0.2, 0.25) is 0 Å². The molecule has 2 aromatic rings. The maximum Gasteiger partial charge on any atom is 0.163 e. The third-order valence-electron chi connectivity index (χ3n) is 1.87. The third kappa shape index (κ3) is 2.41. The molecule has 0 aliphatic rings. The highest BCUT2D eigenvalue weighted by molar-refractivity contribution is 9.13. The molecule has 0 aliphatic heterocycles. The van der Waals surface area contributed by atoms with Crippen molar-refractivity contribution in [2.45, 2.75) is 6.92 Å². The summed E-state index contributed by atoms with van der Waals surface area (Å²) in [6.07, 6.45) is 1.52. The van der Waals surface area contributed by atoms with E-state index >= 15 is 0 Å². The average Bonchev–Trinajstić information content (AvgIpc) is 2.22. The standard InChI is InChI=1S/C10H7Br2N3/c1-6-13-5-14-10(15-6)7-2-3-8(11)9(12)4-7/h2-5H,1H3. The molecule has 0 fully saturated rings. The highest BCUT2D eigenvalue weighted by Crippen LogP contribution is 2.27. The molecule has 2 rings (SSSR count). The molecule has 0 saturated carbocycles. The van der Waals surface area contributed by atoms with Gasteiger partial charge in [0.1, 0.15) is 12.2 Å². The van der Waals surface area contributed by atoms with Gasteiger partial charge in [-0.25, -0.2) is 15.0 Å². The second-order valence-corrected chi connectivity index (χ2v) is 4.69. The Kier molecular flexibility index (Phi) is 3.11. The number of halogens is 2. The summed E-state index contributed by atoms with van der Waals surface area (Å²) >= 11 is 6.86. The number of benzene rings is 1. The van der Waals surface area contributed by atoms with Gasteiger partial charge >= 0.3 is 0 Å². The van der Waals surface area contributed by atoms with Gasteiger partial charge in [0.25, 0.3) is 0 Å². The van der Waals surface area contributed by atoms with Crippen molar-refractivity contribution in [1.82, 2.24) is 15.0 Å². The smallest absolute Gasteiger partial charge is 0.163 e. The van der Waals surface area contributed by atoms with Gasteiger partial charge in [-0.05, 0) is 57.0 Å². The predicted octanol–water partition coefficient (Wildman–Crippen LogP) is 3.37. The quantitative estimate of drug-likeness (QED) is 0.805. The van der Waals surface area contributed by atoms with Crippen molar-refractivity contribution in [3.8, 4) is 11.4 Å². The molecule has 1 heterocycles. The topological polar surface area (TPSA) is 38.7 Å². The van der Waals surface area contributed by atoms with Crippen molar-refractivity contribution >= 4 is 31.9 Å². The summed E-state index contributed by atoms with van der Waals surface area (Å²) in [6.45, 7) is 1.85. The summed E-state index contributed by atoms with van der Waals surface area (Å²) in [5.41, 5.74) is 0.968. The SMILES string of the molecule is Cc1ncnc(-c2ccc(Br)c(Br)c2)n1.